The van der Waals surface area contributed by atoms with Gasteiger partial charge in [0.1, 0.15) is 0 Å². The van der Waals surface area contributed by atoms with Crippen LogP contribution in [-0.2, 0) is 9.05 Å². The van der Waals surface area contributed by atoms with E-state index in [1.165, 1.54) is 0 Å². The molecule has 2 rings (SSSR count). The second kappa shape index (κ2) is 4.15. The maximum atomic E-state index is 11.0. The third kappa shape index (κ3) is 2.26. The molecule has 1 heterocycles. The molecule has 0 aliphatic carbocycles. The van der Waals surface area contributed by atoms with Gasteiger partial charge in [-0.25, -0.2) is 13.5 Å². The fourth-order valence-corrected chi connectivity index (χ4v) is 2.14. The van der Waals surface area contributed by atoms with Crippen molar-refractivity contribution in [2.45, 2.75) is 5.16 Å². The van der Waals surface area contributed by atoms with Gasteiger partial charge in [0.25, 0.3) is 14.2 Å². The normalized spacial score (nSPS) is 11.6. The lowest BCUT2D eigenvalue weighted by Gasteiger charge is -1.96. The minimum Gasteiger partial charge on any atom is -0.248 e. The highest BCUT2D eigenvalue weighted by Gasteiger charge is 2.17. The first-order chi connectivity index (χ1) is 7.48. The summed E-state index contributed by atoms with van der Waals surface area (Å²) in [6.45, 7) is 0. The van der Waals surface area contributed by atoms with Gasteiger partial charge in [-0.15, -0.1) is 0 Å². The molecule has 0 saturated heterocycles. The number of nitrogens with zero attached hydrogens (tertiary/aromatic N) is 2. The van der Waals surface area contributed by atoms with Crippen LogP contribution >= 0.6 is 26.6 Å². The van der Waals surface area contributed by atoms with Gasteiger partial charge in [0.15, 0.2) is 5.82 Å². The molecule has 0 aliphatic rings. The number of hydrogen-bond donors (Lipinski definition) is 1. The van der Waals surface area contributed by atoms with Crippen LogP contribution < -0.4 is 0 Å². The van der Waals surface area contributed by atoms with Gasteiger partial charge >= 0.3 is 0 Å². The zero-order valence-electron chi connectivity index (χ0n) is 7.68. The van der Waals surface area contributed by atoms with Gasteiger partial charge in [-0.2, -0.15) is 10.1 Å². The molecular weight excluding hydrogens is 318 g/mol. The average Bonchev–Trinajstić information content (AvgIpc) is 2.66. The summed E-state index contributed by atoms with van der Waals surface area (Å²) in [7, 11) is 1.25. The van der Waals surface area contributed by atoms with Crippen molar-refractivity contribution in [3.63, 3.8) is 0 Å². The van der Waals surface area contributed by atoms with Crippen molar-refractivity contribution < 1.29 is 8.42 Å². The van der Waals surface area contributed by atoms with Crippen molar-refractivity contribution in [3.8, 4) is 11.4 Å². The summed E-state index contributed by atoms with van der Waals surface area (Å²) < 4.78 is 22.7. The molecule has 0 unspecified atom stereocenters. The molecule has 0 bridgehead atoms. The van der Waals surface area contributed by atoms with Crippen molar-refractivity contribution in [1.29, 1.82) is 0 Å². The van der Waals surface area contributed by atoms with Crippen LogP contribution in [0.25, 0.3) is 11.4 Å². The summed E-state index contributed by atoms with van der Waals surface area (Å²) in [4.78, 5) is 3.80. The highest BCUT2D eigenvalue weighted by Crippen LogP contribution is 2.25. The first kappa shape index (κ1) is 11.6. The smallest absolute Gasteiger partial charge is 0.248 e. The largest absolute Gasteiger partial charge is 0.296 e. The summed E-state index contributed by atoms with van der Waals surface area (Å²) in [5.74, 6) is 0.270. The van der Waals surface area contributed by atoms with Gasteiger partial charge in [0.2, 0.25) is 0 Å². The fourth-order valence-electron chi connectivity index (χ4n) is 1.12. The van der Waals surface area contributed by atoms with Gasteiger partial charge in [-0.1, -0.05) is 28.1 Å². The Hall–Kier alpha value is -0.920. The molecule has 5 nitrogen and oxygen atoms in total. The van der Waals surface area contributed by atoms with Crippen LogP contribution in [0.4, 0.5) is 0 Å². The van der Waals surface area contributed by atoms with Gasteiger partial charge in [0, 0.05) is 20.7 Å². The van der Waals surface area contributed by atoms with Gasteiger partial charge in [-0.05, 0) is 12.1 Å². The number of nitrogens with one attached hydrogen (secondary N) is 1. The van der Waals surface area contributed by atoms with Crippen LogP contribution in [0.15, 0.2) is 33.9 Å². The van der Waals surface area contributed by atoms with Crippen molar-refractivity contribution in [2.24, 2.45) is 0 Å². The molecule has 1 aromatic heterocycles. The monoisotopic (exact) mass is 321 g/mol. The zero-order valence-corrected chi connectivity index (χ0v) is 10.8. The van der Waals surface area contributed by atoms with Gasteiger partial charge in [-0.3, -0.25) is 0 Å². The molecule has 1 N–H and O–H groups in total. The van der Waals surface area contributed by atoms with Crippen LogP contribution in [0.1, 0.15) is 0 Å². The molecule has 0 spiro atoms. The van der Waals surface area contributed by atoms with Crippen molar-refractivity contribution in [1.82, 2.24) is 15.2 Å². The lowest BCUT2D eigenvalue weighted by molar-refractivity contribution is 0.602. The number of H-pyrrole nitrogens is 1. The maximum absolute atomic E-state index is 11.0. The Kier molecular flexibility index (Phi) is 3.00. The predicted molar refractivity (Wildman–Crippen MR) is 62.6 cm³/mol. The van der Waals surface area contributed by atoms with Crippen LogP contribution in [0.3, 0.4) is 0 Å². The molecule has 0 fully saturated rings. The standard InChI is InChI=1S/C8H5BrClN3O2S/c9-6-4-2-1-3-5(6)7-11-8(13-12-7)16(10,14)15/h1-4H,(H,11,12,13). The first-order valence-corrected chi connectivity index (χ1v) is 7.20. The zero-order chi connectivity index (χ0) is 11.8. The highest BCUT2D eigenvalue weighted by molar-refractivity contribution is 9.10. The molecule has 1 aromatic carbocycles. The summed E-state index contributed by atoms with van der Waals surface area (Å²) >= 11 is 3.32. The van der Waals surface area contributed by atoms with E-state index in [9.17, 15) is 8.42 Å². The lowest BCUT2D eigenvalue weighted by atomic mass is 10.2. The molecule has 8 heteroatoms. The van der Waals surface area contributed by atoms with E-state index in [0.717, 1.165) is 4.47 Å². The Morgan fingerprint density at radius 3 is 2.56 bits per heavy atom. The van der Waals surface area contributed by atoms with Crippen LogP contribution in [0.2, 0.25) is 0 Å². The fraction of sp³-hybridized carbons (Fsp3) is 0. The number of benzene rings is 1. The van der Waals surface area contributed by atoms with Crippen LogP contribution in [0.5, 0.6) is 0 Å². The van der Waals surface area contributed by atoms with Crippen LogP contribution in [0, 0.1) is 0 Å². The molecule has 0 atom stereocenters. The van der Waals surface area contributed by atoms with Crippen LogP contribution in [-0.4, -0.2) is 23.6 Å². The maximum Gasteiger partial charge on any atom is 0.296 e. The topological polar surface area (TPSA) is 75.7 Å². The lowest BCUT2D eigenvalue weighted by Crippen LogP contribution is -1.92. The number of rotatable bonds is 2. The molecule has 84 valence electrons. The summed E-state index contributed by atoms with van der Waals surface area (Å²) in [6.07, 6.45) is 0. The molecular formula is C8H5BrClN3O2S. The second-order valence-corrected chi connectivity index (χ2v) is 6.22. The SMILES string of the molecule is O=S(=O)(Cl)c1nc(-c2ccccc2Br)n[nH]1. The molecule has 16 heavy (non-hydrogen) atoms. The summed E-state index contributed by atoms with van der Waals surface area (Å²) in [5.41, 5.74) is 0.685. The Morgan fingerprint density at radius 1 is 1.31 bits per heavy atom. The average molecular weight is 323 g/mol. The van der Waals surface area contributed by atoms with Crippen molar-refractivity contribution >= 4 is 35.7 Å². The first-order valence-electron chi connectivity index (χ1n) is 4.10. The van der Waals surface area contributed by atoms with Crippen molar-refractivity contribution in [3.05, 3.63) is 28.7 Å². The Balaban J connectivity index is 2.52. The van der Waals surface area contributed by atoms with E-state index >= 15 is 0 Å². The minimum atomic E-state index is -3.88. The minimum absolute atomic E-state index is 0.270. The third-order valence-corrected chi connectivity index (χ3v) is 3.59. The third-order valence-electron chi connectivity index (χ3n) is 1.81. The number of aromatic amines is 1. The molecule has 0 amide bonds. The van der Waals surface area contributed by atoms with E-state index < -0.39 is 9.05 Å². The highest BCUT2D eigenvalue weighted by atomic mass is 79.9. The Labute approximate surface area is 104 Å². The van der Waals surface area contributed by atoms with E-state index in [0.29, 0.717) is 5.56 Å². The Bertz CT molecular complexity index is 626. The quantitative estimate of drug-likeness (QED) is 0.860. The van der Waals surface area contributed by atoms with Gasteiger partial charge in [0.05, 0.1) is 0 Å². The Morgan fingerprint density at radius 2 is 2.00 bits per heavy atom. The summed E-state index contributed by atoms with van der Waals surface area (Å²) in [6, 6.07) is 7.20. The predicted octanol–water partition coefficient (Wildman–Crippen LogP) is 2.16. The molecule has 0 radical (unpaired) electrons. The van der Waals surface area contributed by atoms with E-state index in [1.807, 2.05) is 6.07 Å². The number of hydrogen-bond acceptors (Lipinski definition) is 4. The van der Waals surface area contributed by atoms with Crippen molar-refractivity contribution in [2.75, 3.05) is 0 Å². The molecule has 0 aliphatic heterocycles. The second-order valence-electron chi connectivity index (χ2n) is 2.88. The van der Waals surface area contributed by atoms with Gasteiger partial charge < -0.3 is 0 Å². The van der Waals surface area contributed by atoms with E-state index in [-0.39, 0.29) is 11.0 Å². The van der Waals surface area contributed by atoms with E-state index in [2.05, 4.69) is 31.1 Å². The summed E-state index contributed by atoms with van der Waals surface area (Å²) in [5, 5.41) is 5.69. The number of halogens is 2. The molecule has 2 aromatic rings. The molecule has 0 saturated carbocycles. The van der Waals surface area contributed by atoms with E-state index in [1.54, 1.807) is 18.2 Å². The van der Waals surface area contributed by atoms with E-state index in [4.69, 9.17) is 10.7 Å². The number of aromatic nitrogens is 3.